The summed E-state index contributed by atoms with van der Waals surface area (Å²) in [6.07, 6.45) is 5.38. The first-order valence-electron chi connectivity index (χ1n) is 10.1. The van der Waals surface area contributed by atoms with Crippen molar-refractivity contribution < 1.29 is 14.0 Å². The number of carbonyl (C=O) groups is 2. The highest BCUT2D eigenvalue weighted by atomic mass is 16.3. The van der Waals surface area contributed by atoms with Crippen LogP contribution >= 0.6 is 0 Å². The van der Waals surface area contributed by atoms with E-state index in [2.05, 4.69) is 20.9 Å². The molecule has 154 valence electrons. The number of hydrogen-bond donors (Lipinski definition) is 3. The number of furan rings is 1. The molecule has 0 radical (unpaired) electrons. The minimum atomic E-state index is -0.336. The Labute approximate surface area is 165 Å². The normalized spacial score (nSPS) is 19.6. The Morgan fingerprint density at radius 2 is 2.11 bits per heavy atom. The number of hydrogen-bond acceptors (Lipinski definition) is 5. The molecule has 2 fully saturated rings. The number of urea groups is 1. The summed E-state index contributed by atoms with van der Waals surface area (Å²) in [7, 11) is 0. The predicted octanol–water partition coefficient (Wildman–Crippen LogP) is 0.914. The summed E-state index contributed by atoms with van der Waals surface area (Å²) >= 11 is 0. The van der Waals surface area contributed by atoms with Gasteiger partial charge in [-0.05, 0) is 45.0 Å². The Bertz CT molecular complexity index is 653. The van der Waals surface area contributed by atoms with E-state index in [9.17, 15) is 9.59 Å². The van der Waals surface area contributed by atoms with Crippen molar-refractivity contribution in [2.45, 2.75) is 32.2 Å². The smallest absolute Gasteiger partial charge is 0.324 e. The Hall–Kier alpha value is -2.55. The van der Waals surface area contributed by atoms with E-state index < -0.39 is 0 Å². The molecular formula is C19H30N6O3. The van der Waals surface area contributed by atoms with Gasteiger partial charge in [0.15, 0.2) is 5.96 Å². The average Bonchev–Trinajstić information content (AvgIpc) is 3.34. The van der Waals surface area contributed by atoms with Gasteiger partial charge in [0.1, 0.15) is 5.76 Å². The summed E-state index contributed by atoms with van der Waals surface area (Å²) in [5.74, 6) is 1.40. The third-order valence-corrected chi connectivity index (χ3v) is 5.03. The second-order valence-electron chi connectivity index (χ2n) is 6.98. The van der Waals surface area contributed by atoms with Crippen molar-refractivity contribution in [1.29, 1.82) is 0 Å². The lowest BCUT2D eigenvalue weighted by atomic mass is 10.1. The van der Waals surface area contributed by atoms with Crippen LogP contribution < -0.4 is 16.0 Å². The summed E-state index contributed by atoms with van der Waals surface area (Å²) < 4.78 is 5.67. The summed E-state index contributed by atoms with van der Waals surface area (Å²) in [4.78, 5) is 31.7. The molecule has 3 rings (SSSR count). The van der Waals surface area contributed by atoms with Crippen molar-refractivity contribution in [2.24, 2.45) is 4.99 Å². The van der Waals surface area contributed by atoms with Crippen LogP contribution in [0.4, 0.5) is 4.79 Å². The van der Waals surface area contributed by atoms with Gasteiger partial charge in [-0.3, -0.25) is 19.6 Å². The van der Waals surface area contributed by atoms with Gasteiger partial charge >= 0.3 is 6.03 Å². The molecule has 9 nitrogen and oxygen atoms in total. The predicted molar refractivity (Wildman–Crippen MR) is 106 cm³/mol. The molecule has 0 bridgehead atoms. The Morgan fingerprint density at radius 3 is 2.75 bits per heavy atom. The lowest BCUT2D eigenvalue weighted by Gasteiger charge is -2.32. The molecule has 1 aromatic rings. The van der Waals surface area contributed by atoms with E-state index in [1.807, 2.05) is 19.1 Å². The van der Waals surface area contributed by atoms with E-state index in [-0.39, 0.29) is 24.5 Å². The van der Waals surface area contributed by atoms with E-state index in [1.165, 1.54) is 24.2 Å². The van der Waals surface area contributed by atoms with Crippen molar-refractivity contribution in [3.8, 4) is 0 Å². The van der Waals surface area contributed by atoms with Crippen LogP contribution in [0.3, 0.4) is 0 Å². The molecule has 2 aliphatic heterocycles. The second-order valence-corrected chi connectivity index (χ2v) is 6.98. The standard InChI is InChI=1S/C19H30N6O3/c1-2-20-18(21-8-11-25-17(26)14-23-19(25)27)22-13-15(16-7-6-12-28-16)24-9-4-3-5-10-24/h6-7,12,15H,2-5,8-11,13-14H2,1H3,(H,23,27)(H2,20,21,22). The van der Waals surface area contributed by atoms with Crippen molar-refractivity contribution in [1.82, 2.24) is 25.8 Å². The molecule has 3 amide bonds. The maximum absolute atomic E-state index is 11.7. The fourth-order valence-electron chi connectivity index (χ4n) is 3.58. The summed E-state index contributed by atoms with van der Waals surface area (Å²) in [5.41, 5.74) is 0. The van der Waals surface area contributed by atoms with Crippen molar-refractivity contribution in [3.63, 3.8) is 0 Å². The van der Waals surface area contributed by atoms with Gasteiger partial charge < -0.3 is 20.4 Å². The lowest BCUT2D eigenvalue weighted by Crippen LogP contribution is -2.43. The molecule has 0 saturated carbocycles. The van der Waals surface area contributed by atoms with Crippen LogP contribution in [0.25, 0.3) is 0 Å². The number of rotatable bonds is 8. The third-order valence-electron chi connectivity index (χ3n) is 5.03. The average molecular weight is 390 g/mol. The molecule has 1 unspecified atom stereocenters. The highest BCUT2D eigenvalue weighted by molar-refractivity contribution is 6.01. The first-order valence-corrected chi connectivity index (χ1v) is 10.1. The molecule has 9 heteroatoms. The number of carbonyl (C=O) groups excluding carboxylic acids is 2. The van der Waals surface area contributed by atoms with Gasteiger partial charge in [0, 0.05) is 19.6 Å². The van der Waals surface area contributed by atoms with Crippen molar-refractivity contribution >= 4 is 17.9 Å². The number of amides is 3. The van der Waals surface area contributed by atoms with Crippen molar-refractivity contribution in [2.75, 3.05) is 45.8 Å². The number of nitrogens with zero attached hydrogens (tertiary/aromatic N) is 3. The molecule has 3 N–H and O–H groups in total. The fourth-order valence-corrected chi connectivity index (χ4v) is 3.58. The van der Waals surface area contributed by atoms with E-state index in [4.69, 9.17) is 9.41 Å². The molecule has 0 aromatic carbocycles. The third kappa shape index (κ3) is 5.25. The SMILES string of the molecule is CCNC(=NCC(c1ccco1)N1CCCCC1)NCCN1C(=O)CNC1=O. The first kappa shape index (κ1) is 20.2. The number of guanidine groups is 1. The van der Waals surface area contributed by atoms with Crippen LogP contribution in [-0.2, 0) is 4.79 Å². The number of aliphatic imine (C=N–C) groups is 1. The molecule has 0 aliphatic carbocycles. The Kier molecular flexibility index (Phi) is 7.30. The molecule has 2 saturated heterocycles. The zero-order chi connectivity index (χ0) is 19.8. The lowest BCUT2D eigenvalue weighted by molar-refractivity contribution is -0.124. The monoisotopic (exact) mass is 390 g/mol. The van der Waals surface area contributed by atoms with Crippen LogP contribution in [0.2, 0.25) is 0 Å². The molecule has 28 heavy (non-hydrogen) atoms. The van der Waals surface area contributed by atoms with Gasteiger partial charge in [-0.25, -0.2) is 4.79 Å². The highest BCUT2D eigenvalue weighted by Gasteiger charge is 2.28. The largest absolute Gasteiger partial charge is 0.468 e. The minimum absolute atomic E-state index is 0.0770. The van der Waals surface area contributed by atoms with Crippen LogP contribution in [0.5, 0.6) is 0 Å². The van der Waals surface area contributed by atoms with Crippen LogP contribution in [0.1, 0.15) is 38.0 Å². The van der Waals surface area contributed by atoms with E-state index in [0.29, 0.717) is 25.6 Å². The fraction of sp³-hybridized carbons (Fsp3) is 0.632. The van der Waals surface area contributed by atoms with E-state index in [0.717, 1.165) is 25.4 Å². The highest BCUT2D eigenvalue weighted by Crippen LogP contribution is 2.25. The molecule has 1 atom stereocenters. The van der Waals surface area contributed by atoms with Gasteiger partial charge in [-0.1, -0.05) is 6.42 Å². The maximum atomic E-state index is 11.7. The van der Waals surface area contributed by atoms with E-state index >= 15 is 0 Å². The summed E-state index contributed by atoms with van der Waals surface area (Å²) in [6, 6.07) is 3.69. The van der Waals surface area contributed by atoms with Gasteiger partial charge in [0.05, 0.1) is 25.4 Å². The second kappa shape index (κ2) is 10.1. The number of nitrogens with one attached hydrogen (secondary N) is 3. The summed E-state index contributed by atoms with van der Waals surface area (Å²) in [6.45, 7) is 6.24. The molecule has 1 aromatic heterocycles. The number of piperidine rings is 1. The maximum Gasteiger partial charge on any atom is 0.324 e. The van der Waals surface area contributed by atoms with Gasteiger partial charge in [-0.15, -0.1) is 0 Å². The number of likely N-dealkylation sites (tertiary alicyclic amines) is 1. The van der Waals surface area contributed by atoms with Gasteiger partial charge in [0.2, 0.25) is 5.91 Å². The Balaban J connectivity index is 1.59. The minimum Gasteiger partial charge on any atom is -0.468 e. The number of imide groups is 1. The molecule has 0 spiro atoms. The van der Waals surface area contributed by atoms with E-state index in [1.54, 1.807) is 6.26 Å². The van der Waals surface area contributed by atoms with Crippen LogP contribution in [0, 0.1) is 0 Å². The van der Waals surface area contributed by atoms with Crippen molar-refractivity contribution in [3.05, 3.63) is 24.2 Å². The molecular weight excluding hydrogens is 360 g/mol. The van der Waals surface area contributed by atoms with Gasteiger partial charge in [0.25, 0.3) is 0 Å². The summed E-state index contributed by atoms with van der Waals surface area (Å²) in [5, 5.41) is 8.95. The topological polar surface area (TPSA) is 102 Å². The van der Waals surface area contributed by atoms with Gasteiger partial charge in [-0.2, -0.15) is 0 Å². The quantitative estimate of drug-likeness (QED) is 0.346. The zero-order valence-electron chi connectivity index (χ0n) is 16.4. The van der Waals surface area contributed by atoms with Crippen LogP contribution in [-0.4, -0.2) is 73.5 Å². The Morgan fingerprint density at radius 1 is 1.29 bits per heavy atom. The molecule has 3 heterocycles. The zero-order valence-corrected chi connectivity index (χ0v) is 16.4. The first-order chi connectivity index (χ1) is 13.7. The van der Waals surface area contributed by atoms with Crippen LogP contribution in [0.15, 0.2) is 27.8 Å². The molecule has 2 aliphatic rings.